The Morgan fingerprint density at radius 3 is 2.48 bits per heavy atom. The van der Waals surface area contributed by atoms with E-state index in [1.807, 2.05) is 0 Å². The number of anilines is 3. The molecule has 2 unspecified atom stereocenters. The highest BCUT2D eigenvalue weighted by atomic mass is 32.2. The van der Waals surface area contributed by atoms with Gasteiger partial charge in [0.15, 0.2) is 35.1 Å². The number of rotatable bonds is 9. The van der Waals surface area contributed by atoms with E-state index in [9.17, 15) is 18.0 Å². The standard InChI is InChI=1S/C29H32N8O8S/c1-5-30-26(38)22-21-23(45-29(2,3)44-21)27(43-22)37-15-33-20-24(31-14-32-25(20)37)35-28(39)34-18-8-6-7-9-19(18)46(40,41)36-16-10-12-17(42-4)13-11-16/h6-15,21-23,27,36H,5H2,1-4H3,(H,30,38)(H2,31,32,34,35,39)/t21?,22-,23?,27+/m0/s1. The first-order valence-corrected chi connectivity index (χ1v) is 15.8. The minimum absolute atomic E-state index is 0.0274. The van der Waals surface area contributed by atoms with Crippen LogP contribution in [0.2, 0.25) is 0 Å². The lowest BCUT2D eigenvalue weighted by Crippen LogP contribution is -2.42. The van der Waals surface area contributed by atoms with Gasteiger partial charge in [0.05, 0.1) is 19.1 Å². The average Bonchev–Trinajstić information content (AvgIpc) is 3.68. The van der Waals surface area contributed by atoms with Gasteiger partial charge >= 0.3 is 6.03 Å². The minimum atomic E-state index is -4.09. The Morgan fingerprint density at radius 1 is 1.00 bits per heavy atom. The largest absolute Gasteiger partial charge is 0.497 e. The molecular weight excluding hydrogens is 620 g/mol. The van der Waals surface area contributed by atoms with E-state index in [2.05, 4.69) is 35.6 Å². The molecule has 2 aliphatic rings. The van der Waals surface area contributed by atoms with Crippen LogP contribution >= 0.6 is 0 Å². The van der Waals surface area contributed by atoms with Crippen LogP contribution in [0.5, 0.6) is 5.75 Å². The van der Waals surface area contributed by atoms with Crippen molar-refractivity contribution in [3.05, 3.63) is 61.2 Å². The van der Waals surface area contributed by atoms with E-state index in [0.717, 1.165) is 0 Å². The number of aromatic nitrogens is 4. The maximum absolute atomic E-state index is 13.2. The van der Waals surface area contributed by atoms with E-state index < -0.39 is 46.4 Å². The fourth-order valence-electron chi connectivity index (χ4n) is 5.35. The number of nitrogens with zero attached hydrogens (tertiary/aromatic N) is 4. The molecule has 4 aromatic rings. The monoisotopic (exact) mass is 652 g/mol. The fraction of sp³-hybridized carbons (Fsp3) is 0.345. The summed E-state index contributed by atoms with van der Waals surface area (Å²) >= 11 is 0. The first-order valence-electron chi connectivity index (χ1n) is 14.3. The molecule has 2 saturated heterocycles. The fourth-order valence-corrected chi connectivity index (χ4v) is 6.57. The molecule has 4 N–H and O–H groups in total. The summed E-state index contributed by atoms with van der Waals surface area (Å²) < 4.78 is 53.9. The summed E-state index contributed by atoms with van der Waals surface area (Å²) in [6, 6.07) is 11.5. The molecule has 4 heterocycles. The SMILES string of the molecule is CCNC(=O)[C@H]1O[C@@H](n2cnc3c(NC(=O)Nc4ccccc4S(=O)(=O)Nc4ccc(OC)cc4)ncnc32)C2OC(C)(C)OC21. The third kappa shape index (κ3) is 6.04. The Labute approximate surface area is 263 Å². The summed E-state index contributed by atoms with van der Waals surface area (Å²) in [5, 5.41) is 7.95. The number of ether oxygens (including phenoxy) is 4. The second-order valence-corrected chi connectivity index (χ2v) is 12.5. The average molecular weight is 653 g/mol. The number of nitrogens with one attached hydrogen (secondary N) is 4. The topological polar surface area (TPSA) is 197 Å². The van der Waals surface area contributed by atoms with Crippen molar-refractivity contribution in [1.29, 1.82) is 0 Å². The molecule has 0 spiro atoms. The molecule has 0 bridgehead atoms. The number of hydrogen-bond donors (Lipinski definition) is 4. The Hall–Kier alpha value is -4.84. The van der Waals surface area contributed by atoms with Gasteiger partial charge in [-0.25, -0.2) is 28.2 Å². The summed E-state index contributed by atoms with van der Waals surface area (Å²) in [6.45, 7) is 5.73. The number of sulfonamides is 1. The molecule has 4 atom stereocenters. The molecule has 16 nitrogen and oxygen atoms in total. The quantitative estimate of drug-likeness (QED) is 0.207. The molecule has 17 heteroatoms. The van der Waals surface area contributed by atoms with Crippen LogP contribution in [-0.2, 0) is 29.0 Å². The van der Waals surface area contributed by atoms with Gasteiger partial charge in [0, 0.05) is 12.2 Å². The van der Waals surface area contributed by atoms with Gasteiger partial charge in [0.1, 0.15) is 29.2 Å². The number of carbonyl (C=O) groups is 2. The predicted octanol–water partition coefficient (Wildman–Crippen LogP) is 2.83. The van der Waals surface area contributed by atoms with Crippen LogP contribution in [0.25, 0.3) is 11.2 Å². The predicted molar refractivity (Wildman–Crippen MR) is 165 cm³/mol. The number of methoxy groups -OCH3 is 1. The van der Waals surface area contributed by atoms with Gasteiger partial charge < -0.3 is 29.6 Å². The number of hydrogen-bond acceptors (Lipinski definition) is 11. The van der Waals surface area contributed by atoms with Crippen molar-refractivity contribution in [3.8, 4) is 5.75 Å². The summed E-state index contributed by atoms with van der Waals surface area (Å²) in [7, 11) is -2.58. The van der Waals surface area contributed by atoms with E-state index in [1.54, 1.807) is 61.7 Å². The molecule has 3 amide bonds. The van der Waals surface area contributed by atoms with Gasteiger partial charge in [-0.05, 0) is 57.2 Å². The molecule has 2 aromatic carbocycles. The van der Waals surface area contributed by atoms with E-state index in [1.165, 1.54) is 31.9 Å². The van der Waals surface area contributed by atoms with E-state index >= 15 is 0 Å². The molecule has 2 aromatic heterocycles. The minimum Gasteiger partial charge on any atom is -0.497 e. The van der Waals surface area contributed by atoms with Gasteiger partial charge in [0.25, 0.3) is 15.9 Å². The zero-order valence-electron chi connectivity index (χ0n) is 25.3. The maximum Gasteiger partial charge on any atom is 0.324 e. The molecule has 2 fully saturated rings. The molecule has 242 valence electrons. The number of amides is 3. The van der Waals surface area contributed by atoms with E-state index in [0.29, 0.717) is 23.6 Å². The van der Waals surface area contributed by atoms with E-state index in [-0.39, 0.29) is 27.8 Å². The first kappa shape index (κ1) is 31.2. The molecular formula is C29H32N8O8S. The zero-order chi connectivity index (χ0) is 32.6. The van der Waals surface area contributed by atoms with Crippen LogP contribution in [0.3, 0.4) is 0 Å². The number of imidazole rings is 1. The third-order valence-corrected chi connectivity index (χ3v) is 8.71. The van der Waals surface area contributed by atoms with Crippen molar-refractivity contribution < 1.29 is 37.0 Å². The Balaban J connectivity index is 1.22. The highest BCUT2D eigenvalue weighted by Crippen LogP contribution is 2.44. The number of likely N-dealkylation sites (N-methyl/N-ethyl adjacent to an activating group) is 1. The number of para-hydroxylation sites is 1. The van der Waals surface area contributed by atoms with Crippen molar-refractivity contribution >= 4 is 50.3 Å². The first-order chi connectivity index (χ1) is 22.0. The zero-order valence-corrected chi connectivity index (χ0v) is 26.1. The molecule has 2 aliphatic heterocycles. The van der Waals surface area contributed by atoms with Crippen molar-refractivity contribution in [2.75, 3.05) is 29.0 Å². The number of fused-ring (bicyclic) bond motifs is 2. The van der Waals surface area contributed by atoms with Crippen molar-refractivity contribution in [3.63, 3.8) is 0 Å². The lowest BCUT2D eigenvalue weighted by molar-refractivity contribution is -0.197. The second kappa shape index (κ2) is 12.2. The summed E-state index contributed by atoms with van der Waals surface area (Å²) in [5.74, 6) is -0.664. The van der Waals surface area contributed by atoms with Crippen molar-refractivity contribution in [2.45, 2.75) is 56.0 Å². The second-order valence-electron chi connectivity index (χ2n) is 10.9. The maximum atomic E-state index is 13.2. The van der Waals surface area contributed by atoms with Crippen LogP contribution in [0, 0.1) is 0 Å². The van der Waals surface area contributed by atoms with Crippen LogP contribution in [0.4, 0.5) is 22.0 Å². The normalized spacial score (nSPS) is 21.8. The van der Waals surface area contributed by atoms with Gasteiger partial charge in [0.2, 0.25) is 0 Å². The van der Waals surface area contributed by atoms with Gasteiger partial charge in [-0.2, -0.15) is 0 Å². The summed E-state index contributed by atoms with van der Waals surface area (Å²) in [5.41, 5.74) is 0.858. The Bertz CT molecular complexity index is 1880. The number of urea groups is 1. The summed E-state index contributed by atoms with van der Waals surface area (Å²) in [6.07, 6.45) is -0.404. The third-order valence-electron chi connectivity index (χ3n) is 7.27. The molecule has 46 heavy (non-hydrogen) atoms. The van der Waals surface area contributed by atoms with Gasteiger partial charge in [-0.3, -0.25) is 19.4 Å². The van der Waals surface area contributed by atoms with Crippen LogP contribution in [-0.4, -0.2) is 77.6 Å². The lowest BCUT2D eigenvalue weighted by atomic mass is 10.1. The van der Waals surface area contributed by atoms with Crippen molar-refractivity contribution in [2.24, 2.45) is 0 Å². The van der Waals surface area contributed by atoms with Crippen LogP contribution in [0.15, 0.2) is 66.1 Å². The number of benzene rings is 2. The van der Waals surface area contributed by atoms with Crippen molar-refractivity contribution in [1.82, 2.24) is 24.8 Å². The Morgan fingerprint density at radius 2 is 1.74 bits per heavy atom. The van der Waals surface area contributed by atoms with E-state index in [4.69, 9.17) is 18.9 Å². The van der Waals surface area contributed by atoms with Crippen LogP contribution in [0.1, 0.15) is 27.0 Å². The molecule has 0 saturated carbocycles. The van der Waals surface area contributed by atoms with Gasteiger partial charge in [-0.1, -0.05) is 12.1 Å². The molecule has 0 radical (unpaired) electrons. The van der Waals surface area contributed by atoms with Gasteiger partial charge in [-0.15, -0.1) is 0 Å². The Kier molecular flexibility index (Phi) is 8.24. The molecule has 6 rings (SSSR count). The summed E-state index contributed by atoms with van der Waals surface area (Å²) in [4.78, 5) is 38.7. The smallest absolute Gasteiger partial charge is 0.324 e. The highest BCUT2D eigenvalue weighted by molar-refractivity contribution is 7.92. The molecule has 0 aliphatic carbocycles. The highest BCUT2D eigenvalue weighted by Gasteiger charge is 2.58. The number of carbonyl (C=O) groups excluding carboxylic acids is 2. The van der Waals surface area contributed by atoms with Crippen LogP contribution < -0.4 is 25.4 Å². The lowest BCUT2D eigenvalue weighted by Gasteiger charge is -2.24.